The molecule has 0 amide bonds. The molecule has 0 aliphatic heterocycles. The van der Waals surface area contributed by atoms with E-state index in [1.807, 2.05) is 6.07 Å². The third-order valence-electron chi connectivity index (χ3n) is 4.75. The SMILES string of the molecule is CCC(CC)CCCCCCc1ccc(OC)c(OC)c1OC. The molecular weight excluding hydrogens is 288 g/mol. The summed E-state index contributed by atoms with van der Waals surface area (Å²) in [5, 5.41) is 0. The van der Waals surface area contributed by atoms with Gasteiger partial charge in [0, 0.05) is 0 Å². The van der Waals surface area contributed by atoms with Crippen molar-refractivity contribution in [1.29, 1.82) is 0 Å². The van der Waals surface area contributed by atoms with E-state index in [-0.39, 0.29) is 0 Å². The molecule has 132 valence electrons. The lowest BCUT2D eigenvalue weighted by molar-refractivity contribution is 0.322. The van der Waals surface area contributed by atoms with Gasteiger partial charge in [-0.05, 0) is 30.4 Å². The van der Waals surface area contributed by atoms with Gasteiger partial charge in [-0.2, -0.15) is 0 Å². The standard InChI is InChI=1S/C20H34O3/c1-6-16(7-2)12-10-8-9-11-13-17-14-15-18(21-3)20(23-5)19(17)22-4/h14-16H,6-13H2,1-5H3. The molecule has 0 radical (unpaired) electrons. The van der Waals surface area contributed by atoms with Crippen molar-refractivity contribution >= 4 is 0 Å². The van der Waals surface area contributed by atoms with Gasteiger partial charge in [-0.1, -0.05) is 58.4 Å². The largest absolute Gasteiger partial charge is 0.493 e. The average molecular weight is 322 g/mol. The molecule has 1 aromatic carbocycles. The first-order valence-corrected chi connectivity index (χ1v) is 8.99. The van der Waals surface area contributed by atoms with Crippen LogP contribution in [0.3, 0.4) is 0 Å². The van der Waals surface area contributed by atoms with Crippen molar-refractivity contribution in [2.75, 3.05) is 21.3 Å². The highest BCUT2D eigenvalue weighted by Gasteiger charge is 2.15. The Bertz CT molecular complexity index is 439. The van der Waals surface area contributed by atoms with E-state index in [4.69, 9.17) is 14.2 Å². The predicted molar refractivity (Wildman–Crippen MR) is 97.0 cm³/mol. The molecule has 0 aliphatic carbocycles. The van der Waals surface area contributed by atoms with Gasteiger partial charge in [0.15, 0.2) is 11.5 Å². The van der Waals surface area contributed by atoms with Crippen LogP contribution in [0.1, 0.15) is 64.4 Å². The zero-order valence-corrected chi connectivity index (χ0v) is 15.6. The third-order valence-corrected chi connectivity index (χ3v) is 4.75. The Labute approximate surface area is 142 Å². The van der Waals surface area contributed by atoms with Crippen LogP contribution < -0.4 is 14.2 Å². The summed E-state index contributed by atoms with van der Waals surface area (Å²) in [7, 11) is 5.00. The van der Waals surface area contributed by atoms with Gasteiger partial charge in [-0.25, -0.2) is 0 Å². The summed E-state index contributed by atoms with van der Waals surface area (Å²) in [6, 6.07) is 4.05. The Morgan fingerprint density at radius 3 is 2.00 bits per heavy atom. The first-order chi connectivity index (χ1) is 11.2. The number of unbranched alkanes of at least 4 members (excludes halogenated alkanes) is 3. The maximum atomic E-state index is 5.54. The summed E-state index contributed by atoms with van der Waals surface area (Å²) in [4.78, 5) is 0. The van der Waals surface area contributed by atoms with Crippen molar-refractivity contribution in [1.82, 2.24) is 0 Å². The van der Waals surface area contributed by atoms with Crippen molar-refractivity contribution < 1.29 is 14.2 Å². The van der Waals surface area contributed by atoms with Crippen LogP contribution in [-0.2, 0) is 6.42 Å². The maximum Gasteiger partial charge on any atom is 0.203 e. The van der Waals surface area contributed by atoms with Gasteiger partial charge in [-0.3, -0.25) is 0 Å². The Hall–Kier alpha value is -1.38. The quantitative estimate of drug-likeness (QED) is 0.466. The van der Waals surface area contributed by atoms with Crippen LogP contribution in [0.2, 0.25) is 0 Å². The second-order valence-corrected chi connectivity index (χ2v) is 6.13. The van der Waals surface area contributed by atoms with Crippen LogP contribution in [0.25, 0.3) is 0 Å². The number of hydrogen-bond acceptors (Lipinski definition) is 3. The second kappa shape index (κ2) is 11.2. The van der Waals surface area contributed by atoms with Crippen LogP contribution in [0.4, 0.5) is 0 Å². The molecule has 1 aromatic rings. The molecule has 0 N–H and O–H groups in total. The Morgan fingerprint density at radius 2 is 1.43 bits per heavy atom. The first kappa shape index (κ1) is 19.7. The van der Waals surface area contributed by atoms with Gasteiger partial charge in [0.05, 0.1) is 21.3 Å². The molecule has 23 heavy (non-hydrogen) atoms. The third kappa shape index (κ3) is 5.96. The van der Waals surface area contributed by atoms with Crippen LogP contribution in [0, 0.1) is 5.92 Å². The van der Waals surface area contributed by atoms with E-state index in [1.165, 1.54) is 50.5 Å². The van der Waals surface area contributed by atoms with Crippen LogP contribution in [0.15, 0.2) is 12.1 Å². The molecule has 0 spiro atoms. The number of ether oxygens (including phenoxy) is 3. The minimum Gasteiger partial charge on any atom is -0.493 e. The second-order valence-electron chi connectivity index (χ2n) is 6.13. The van der Waals surface area contributed by atoms with E-state index in [9.17, 15) is 0 Å². The molecule has 0 aliphatic rings. The smallest absolute Gasteiger partial charge is 0.203 e. The fourth-order valence-electron chi connectivity index (χ4n) is 3.16. The molecule has 3 nitrogen and oxygen atoms in total. The number of hydrogen-bond donors (Lipinski definition) is 0. The minimum atomic E-state index is 0.696. The molecule has 0 heterocycles. The van der Waals surface area contributed by atoms with Crippen LogP contribution in [-0.4, -0.2) is 21.3 Å². The average Bonchev–Trinajstić information content (AvgIpc) is 2.60. The van der Waals surface area contributed by atoms with Gasteiger partial charge in [0.2, 0.25) is 5.75 Å². The molecule has 1 rings (SSSR count). The normalized spacial score (nSPS) is 10.9. The first-order valence-electron chi connectivity index (χ1n) is 8.99. The van der Waals surface area contributed by atoms with Crippen molar-refractivity contribution in [2.45, 2.75) is 65.2 Å². The van der Waals surface area contributed by atoms with Gasteiger partial charge >= 0.3 is 0 Å². The lowest BCUT2D eigenvalue weighted by Gasteiger charge is -2.15. The highest BCUT2D eigenvalue weighted by atomic mass is 16.5. The molecule has 0 aromatic heterocycles. The summed E-state index contributed by atoms with van der Waals surface area (Å²) in [5.74, 6) is 3.14. The molecule has 3 heteroatoms. The molecule has 0 saturated carbocycles. The molecule has 0 unspecified atom stereocenters. The molecular formula is C20H34O3. The number of methoxy groups -OCH3 is 3. The number of rotatable bonds is 12. The fraction of sp³-hybridized carbons (Fsp3) is 0.700. The van der Waals surface area contributed by atoms with Crippen molar-refractivity contribution in [3.05, 3.63) is 17.7 Å². The maximum absolute atomic E-state index is 5.54. The number of benzene rings is 1. The van der Waals surface area contributed by atoms with Crippen LogP contribution in [0.5, 0.6) is 17.2 Å². The van der Waals surface area contributed by atoms with E-state index < -0.39 is 0 Å². The molecule has 0 bridgehead atoms. The molecule has 0 atom stereocenters. The van der Waals surface area contributed by atoms with Crippen molar-refractivity contribution in [3.8, 4) is 17.2 Å². The monoisotopic (exact) mass is 322 g/mol. The molecule has 0 saturated heterocycles. The van der Waals surface area contributed by atoms with Gasteiger partial charge < -0.3 is 14.2 Å². The number of aryl methyl sites for hydroxylation is 1. The summed E-state index contributed by atoms with van der Waals surface area (Å²) < 4.78 is 16.3. The zero-order valence-electron chi connectivity index (χ0n) is 15.6. The van der Waals surface area contributed by atoms with E-state index in [2.05, 4.69) is 19.9 Å². The summed E-state index contributed by atoms with van der Waals surface area (Å²) >= 11 is 0. The van der Waals surface area contributed by atoms with Gasteiger partial charge in [0.25, 0.3) is 0 Å². The lowest BCUT2D eigenvalue weighted by atomic mass is 9.95. The predicted octanol–water partition coefficient (Wildman–Crippen LogP) is 5.64. The highest BCUT2D eigenvalue weighted by molar-refractivity contribution is 5.55. The Balaban J connectivity index is 2.46. The van der Waals surface area contributed by atoms with Gasteiger partial charge in [0.1, 0.15) is 0 Å². The highest BCUT2D eigenvalue weighted by Crippen LogP contribution is 2.40. The van der Waals surface area contributed by atoms with Crippen molar-refractivity contribution in [2.24, 2.45) is 5.92 Å². The van der Waals surface area contributed by atoms with Gasteiger partial charge in [-0.15, -0.1) is 0 Å². The zero-order chi connectivity index (χ0) is 17.1. The van der Waals surface area contributed by atoms with Crippen LogP contribution >= 0.6 is 0 Å². The fourth-order valence-corrected chi connectivity index (χ4v) is 3.16. The summed E-state index contributed by atoms with van der Waals surface area (Å²) in [5.41, 5.74) is 1.20. The summed E-state index contributed by atoms with van der Waals surface area (Å²) in [6.07, 6.45) is 10.2. The van der Waals surface area contributed by atoms with E-state index in [1.54, 1.807) is 21.3 Å². The lowest BCUT2D eigenvalue weighted by Crippen LogP contribution is -1.99. The summed E-state index contributed by atoms with van der Waals surface area (Å²) in [6.45, 7) is 4.61. The van der Waals surface area contributed by atoms with E-state index in [0.29, 0.717) is 5.75 Å². The Morgan fingerprint density at radius 1 is 0.783 bits per heavy atom. The Kier molecular flexibility index (Phi) is 9.58. The van der Waals surface area contributed by atoms with E-state index in [0.717, 1.165) is 23.8 Å². The van der Waals surface area contributed by atoms with E-state index >= 15 is 0 Å². The van der Waals surface area contributed by atoms with Crippen molar-refractivity contribution in [3.63, 3.8) is 0 Å². The topological polar surface area (TPSA) is 27.7 Å². The molecule has 0 fully saturated rings. The minimum absolute atomic E-state index is 0.696.